The first-order chi connectivity index (χ1) is 10.5. The van der Waals surface area contributed by atoms with Crippen molar-refractivity contribution in [2.45, 2.75) is 37.8 Å². The summed E-state index contributed by atoms with van der Waals surface area (Å²) in [5.41, 5.74) is 1.71. The van der Waals surface area contributed by atoms with Gasteiger partial charge in [-0.3, -0.25) is 13.6 Å². The second kappa shape index (κ2) is 6.35. The Hall–Kier alpha value is -0.830. The van der Waals surface area contributed by atoms with Crippen molar-refractivity contribution < 1.29 is 38.2 Å². The second-order valence-corrected chi connectivity index (χ2v) is 6.77. The number of phosphoric acid groups is 1. The van der Waals surface area contributed by atoms with Crippen LogP contribution in [0.1, 0.15) is 11.1 Å². The van der Waals surface area contributed by atoms with Gasteiger partial charge in [0, 0.05) is 0 Å². The van der Waals surface area contributed by atoms with Crippen LogP contribution < -0.4 is 0 Å². The van der Waals surface area contributed by atoms with Crippen molar-refractivity contribution in [3.63, 3.8) is 0 Å². The summed E-state index contributed by atoms with van der Waals surface area (Å²) in [6.45, 7) is -0.192. The van der Waals surface area contributed by atoms with Crippen LogP contribution in [0.25, 0.3) is 0 Å². The van der Waals surface area contributed by atoms with Crippen LogP contribution in [0.4, 0.5) is 0 Å². The van der Waals surface area contributed by atoms with Crippen molar-refractivity contribution in [3.8, 4) is 0 Å². The molecule has 8 nitrogen and oxygen atoms in total. The summed E-state index contributed by atoms with van der Waals surface area (Å²) in [5, 5.41) is 28.3. The van der Waals surface area contributed by atoms with Crippen LogP contribution in [0, 0.1) is 0 Å². The zero-order chi connectivity index (χ0) is 15.7. The fourth-order valence-electron chi connectivity index (χ4n) is 2.28. The Labute approximate surface area is 126 Å². The molecule has 2 heterocycles. The monoisotopic (exact) mass is 332 g/mol. The molecule has 1 aromatic rings. The van der Waals surface area contributed by atoms with Gasteiger partial charge in [0.1, 0.15) is 18.3 Å². The Kier molecular flexibility index (Phi) is 4.63. The summed E-state index contributed by atoms with van der Waals surface area (Å²) < 4.78 is 32.9. The van der Waals surface area contributed by atoms with Crippen molar-refractivity contribution >= 4 is 7.82 Å². The maximum atomic E-state index is 12.4. The van der Waals surface area contributed by atoms with Crippen LogP contribution in [0.15, 0.2) is 24.3 Å². The zero-order valence-electron chi connectivity index (χ0n) is 11.6. The van der Waals surface area contributed by atoms with Crippen LogP contribution in [0.3, 0.4) is 0 Å². The summed E-state index contributed by atoms with van der Waals surface area (Å²) in [4.78, 5) is 0. The average molecular weight is 332 g/mol. The fourth-order valence-corrected chi connectivity index (χ4v) is 3.43. The van der Waals surface area contributed by atoms with Gasteiger partial charge in [-0.15, -0.1) is 0 Å². The summed E-state index contributed by atoms with van der Waals surface area (Å²) >= 11 is 0. The zero-order valence-corrected chi connectivity index (χ0v) is 12.5. The van der Waals surface area contributed by atoms with Gasteiger partial charge in [-0.2, -0.15) is 0 Å². The molecule has 9 heteroatoms. The number of benzene rings is 1. The van der Waals surface area contributed by atoms with E-state index in [1.165, 1.54) is 0 Å². The maximum absolute atomic E-state index is 12.4. The summed E-state index contributed by atoms with van der Waals surface area (Å²) in [6, 6.07) is 7.35. The van der Waals surface area contributed by atoms with Gasteiger partial charge in [-0.05, 0) is 11.1 Å². The molecule has 0 saturated carbocycles. The van der Waals surface area contributed by atoms with E-state index in [2.05, 4.69) is 0 Å². The van der Waals surface area contributed by atoms with Crippen LogP contribution in [0.2, 0.25) is 0 Å². The maximum Gasteiger partial charge on any atom is 0.475 e. The number of rotatable bonds is 3. The highest BCUT2D eigenvalue weighted by Gasteiger charge is 2.43. The molecule has 3 rings (SSSR count). The van der Waals surface area contributed by atoms with E-state index in [-0.39, 0.29) is 19.8 Å². The van der Waals surface area contributed by atoms with Gasteiger partial charge in [0.05, 0.1) is 19.8 Å². The minimum absolute atomic E-state index is 0.0762. The first-order valence-electron chi connectivity index (χ1n) is 6.79. The number of ether oxygens (including phenoxy) is 1. The number of aliphatic hydroxyl groups excluding tert-OH is 3. The largest absolute Gasteiger partial charge is 0.475 e. The molecule has 2 aliphatic heterocycles. The molecular weight excluding hydrogens is 315 g/mol. The van der Waals surface area contributed by atoms with Gasteiger partial charge < -0.3 is 20.1 Å². The Morgan fingerprint density at radius 1 is 1.09 bits per heavy atom. The highest BCUT2D eigenvalue weighted by molar-refractivity contribution is 7.48. The Bertz CT molecular complexity index is 548. The smallest absolute Gasteiger partial charge is 0.387 e. The minimum atomic E-state index is -3.81. The molecule has 1 fully saturated rings. The SMILES string of the molecule is O=P1(OCC2OC(O)C(O)C2O)OCc2ccccc2CO1. The molecule has 122 valence electrons. The highest BCUT2D eigenvalue weighted by Crippen LogP contribution is 2.53. The average Bonchev–Trinajstić information content (AvgIpc) is 2.68. The van der Waals surface area contributed by atoms with E-state index in [0.717, 1.165) is 11.1 Å². The third-order valence-corrected chi connectivity index (χ3v) is 4.96. The van der Waals surface area contributed by atoms with Crippen LogP contribution in [-0.4, -0.2) is 46.5 Å². The third-order valence-electron chi connectivity index (χ3n) is 3.61. The fraction of sp³-hybridized carbons (Fsp3) is 0.538. The predicted molar refractivity (Wildman–Crippen MR) is 72.5 cm³/mol. The number of aliphatic hydroxyl groups is 3. The van der Waals surface area contributed by atoms with Gasteiger partial charge in [0.25, 0.3) is 0 Å². The van der Waals surface area contributed by atoms with Gasteiger partial charge >= 0.3 is 7.82 Å². The molecule has 3 N–H and O–H groups in total. The highest BCUT2D eigenvalue weighted by atomic mass is 31.2. The van der Waals surface area contributed by atoms with Crippen LogP contribution in [-0.2, 0) is 36.1 Å². The standard InChI is InChI=1S/C13H17O8P/c14-11-10(21-13(16)12(11)15)7-20-22(17)18-5-8-3-1-2-4-9(8)6-19-22/h1-4,10-16H,5-7H2. The van der Waals surface area contributed by atoms with E-state index in [1.54, 1.807) is 0 Å². The summed E-state index contributed by atoms with van der Waals surface area (Å²) in [7, 11) is -3.81. The molecule has 1 aromatic carbocycles. The van der Waals surface area contributed by atoms with Gasteiger partial charge in [-0.25, -0.2) is 4.57 Å². The van der Waals surface area contributed by atoms with Gasteiger partial charge in [-0.1, -0.05) is 24.3 Å². The molecule has 0 amide bonds. The molecule has 22 heavy (non-hydrogen) atoms. The van der Waals surface area contributed by atoms with Crippen molar-refractivity contribution in [2.24, 2.45) is 0 Å². The summed E-state index contributed by atoms with van der Waals surface area (Å²) in [6.07, 6.45) is -5.31. The lowest BCUT2D eigenvalue weighted by molar-refractivity contribution is -0.132. The second-order valence-electron chi connectivity index (χ2n) is 5.10. The minimum Gasteiger partial charge on any atom is -0.387 e. The topological polar surface area (TPSA) is 115 Å². The van der Waals surface area contributed by atoms with Crippen molar-refractivity contribution in [1.82, 2.24) is 0 Å². The first-order valence-corrected chi connectivity index (χ1v) is 8.25. The molecule has 0 radical (unpaired) electrons. The Morgan fingerprint density at radius 2 is 1.68 bits per heavy atom. The van der Waals surface area contributed by atoms with E-state index < -0.39 is 32.4 Å². The van der Waals surface area contributed by atoms with E-state index in [1.807, 2.05) is 24.3 Å². The molecule has 0 aliphatic carbocycles. The van der Waals surface area contributed by atoms with Gasteiger partial charge in [0.2, 0.25) is 0 Å². The van der Waals surface area contributed by atoms with E-state index in [0.29, 0.717) is 0 Å². The van der Waals surface area contributed by atoms with E-state index >= 15 is 0 Å². The first kappa shape index (κ1) is 16.0. The molecule has 2 aliphatic rings. The quantitative estimate of drug-likeness (QED) is 0.677. The number of phosphoric ester groups is 1. The lowest BCUT2D eigenvalue weighted by atomic mass is 10.1. The number of fused-ring (bicyclic) bond motifs is 1. The molecule has 0 bridgehead atoms. The molecular formula is C13H17O8P. The predicted octanol–water partition coefficient (Wildman–Crippen LogP) is 0.297. The van der Waals surface area contributed by atoms with Crippen molar-refractivity contribution in [2.75, 3.05) is 6.61 Å². The molecule has 4 atom stereocenters. The Balaban J connectivity index is 1.60. The molecule has 0 spiro atoms. The van der Waals surface area contributed by atoms with Gasteiger partial charge in [0.15, 0.2) is 6.29 Å². The van der Waals surface area contributed by atoms with E-state index in [4.69, 9.17) is 18.3 Å². The lowest BCUT2D eigenvalue weighted by Crippen LogP contribution is -2.34. The van der Waals surface area contributed by atoms with E-state index in [9.17, 15) is 19.9 Å². The number of hydrogen-bond acceptors (Lipinski definition) is 8. The molecule has 1 saturated heterocycles. The number of hydrogen-bond donors (Lipinski definition) is 3. The lowest BCUT2D eigenvalue weighted by Gasteiger charge is -2.19. The van der Waals surface area contributed by atoms with Crippen molar-refractivity contribution in [3.05, 3.63) is 35.4 Å². The molecule has 0 aromatic heterocycles. The van der Waals surface area contributed by atoms with Crippen molar-refractivity contribution in [1.29, 1.82) is 0 Å². The Morgan fingerprint density at radius 3 is 2.18 bits per heavy atom. The normalized spacial score (nSPS) is 34.1. The van der Waals surface area contributed by atoms with Crippen LogP contribution >= 0.6 is 7.82 Å². The third kappa shape index (κ3) is 3.24. The summed E-state index contributed by atoms with van der Waals surface area (Å²) in [5.74, 6) is 0. The molecule has 4 unspecified atom stereocenters. The van der Waals surface area contributed by atoms with Crippen LogP contribution in [0.5, 0.6) is 0 Å².